The van der Waals surface area contributed by atoms with E-state index in [1.165, 1.54) is 24.3 Å². The van der Waals surface area contributed by atoms with Crippen LogP contribution in [-0.2, 0) is 9.84 Å². The first-order chi connectivity index (χ1) is 7.74. The van der Waals surface area contributed by atoms with E-state index in [1.54, 1.807) is 0 Å². The molecule has 1 rings (SSSR count). The van der Waals surface area contributed by atoms with E-state index in [0.717, 1.165) is 6.26 Å². The van der Waals surface area contributed by atoms with E-state index in [-0.39, 0.29) is 4.90 Å². The maximum atomic E-state index is 12.8. The van der Waals surface area contributed by atoms with Gasteiger partial charge >= 0.3 is 0 Å². The second-order valence-electron chi connectivity index (χ2n) is 3.71. The first kappa shape index (κ1) is 13.9. The minimum Gasteiger partial charge on any atom is -0.379 e. The van der Waals surface area contributed by atoms with Crippen molar-refractivity contribution in [3.63, 3.8) is 0 Å². The Morgan fingerprint density at radius 1 is 1.29 bits per heavy atom. The van der Waals surface area contributed by atoms with Crippen molar-refractivity contribution in [2.45, 2.75) is 10.8 Å². The summed E-state index contributed by atoms with van der Waals surface area (Å²) in [7, 11) is -3.26. The van der Waals surface area contributed by atoms with Crippen molar-refractivity contribution in [3.8, 4) is 0 Å². The van der Waals surface area contributed by atoms with Crippen LogP contribution in [0.4, 0.5) is 14.5 Å². The number of halogens is 2. The largest absolute Gasteiger partial charge is 0.379 e. The lowest BCUT2D eigenvalue weighted by Gasteiger charge is -2.15. The van der Waals surface area contributed by atoms with Gasteiger partial charge < -0.3 is 11.1 Å². The van der Waals surface area contributed by atoms with E-state index in [9.17, 15) is 17.2 Å². The van der Waals surface area contributed by atoms with E-state index in [0.29, 0.717) is 5.69 Å². The molecule has 0 bridgehead atoms. The monoisotopic (exact) mass is 264 g/mol. The second kappa shape index (κ2) is 4.97. The summed E-state index contributed by atoms with van der Waals surface area (Å²) in [4.78, 5) is 0.147. The summed E-state index contributed by atoms with van der Waals surface area (Å²) in [6.07, 6.45) is 1.08. The molecule has 0 saturated heterocycles. The summed E-state index contributed by atoms with van der Waals surface area (Å²) in [5, 5.41) is 2.49. The zero-order valence-corrected chi connectivity index (χ0v) is 10.1. The van der Waals surface area contributed by atoms with Gasteiger partial charge in [0.05, 0.1) is 18.0 Å². The molecule has 4 nitrogen and oxygen atoms in total. The lowest BCUT2D eigenvalue weighted by Crippen LogP contribution is -2.35. The van der Waals surface area contributed by atoms with Crippen molar-refractivity contribution in [3.05, 3.63) is 24.3 Å². The smallest absolute Gasteiger partial charge is 0.276 e. The molecule has 0 atom stereocenters. The maximum absolute atomic E-state index is 12.8. The van der Waals surface area contributed by atoms with Gasteiger partial charge in [-0.2, -0.15) is 0 Å². The first-order valence-corrected chi connectivity index (χ1v) is 6.76. The van der Waals surface area contributed by atoms with Crippen molar-refractivity contribution in [2.24, 2.45) is 5.73 Å². The van der Waals surface area contributed by atoms with Crippen LogP contribution in [0.25, 0.3) is 0 Å². The SMILES string of the molecule is CS(=O)(=O)c1ccc(NCC(F)(F)CN)cc1. The predicted octanol–water partition coefficient (Wildman–Crippen LogP) is 1.10. The van der Waals surface area contributed by atoms with Gasteiger partial charge in [-0.1, -0.05) is 0 Å². The highest BCUT2D eigenvalue weighted by Crippen LogP contribution is 2.16. The van der Waals surface area contributed by atoms with E-state index >= 15 is 0 Å². The first-order valence-electron chi connectivity index (χ1n) is 4.86. The lowest BCUT2D eigenvalue weighted by atomic mass is 10.3. The highest BCUT2D eigenvalue weighted by molar-refractivity contribution is 7.90. The number of nitrogens with two attached hydrogens (primary N) is 1. The predicted molar refractivity (Wildman–Crippen MR) is 62.0 cm³/mol. The van der Waals surface area contributed by atoms with Crippen molar-refractivity contribution in [1.82, 2.24) is 0 Å². The van der Waals surface area contributed by atoms with E-state index in [1.807, 2.05) is 0 Å². The standard InChI is InChI=1S/C10H14F2N2O2S/c1-17(15,16)9-4-2-8(3-5-9)14-7-10(11,12)6-13/h2-5,14H,6-7,13H2,1H3. The van der Waals surface area contributed by atoms with Crippen LogP contribution in [0, 0.1) is 0 Å². The zero-order valence-electron chi connectivity index (χ0n) is 9.28. The summed E-state index contributed by atoms with van der Waals surface area (Å²) in [6, 6.07) is 5.59. The van der Waals surface area contributed by atoms with Crippen molar-refractivity contribution >= 4 is 15.5 Å². The number of alkyl halides is 2. The van der Waals surface area contributed by atoms with Gasteiger partial charge in [-0.15, -0.1) is 0 Å². The molecule has 3 N–H and O–H groups in total. The summed E-state index contributed by atoms with van der Waals surface area (Å²) in [5.41, 5.74) is 5.30. The minimum atomic E-state index is -3.26. The molecule has 1 aromatic rings. The Morgan fingerprint density at radius 3 is 2.24 bits per heavy atom. The number of hydrogen-bond acceptors (Lipinski definition) is 4. The molecule has 0 aliphatic heterocycles. The molecular weight excluding hydrogens is 250 g/mol. The maximum Gasteiger partial charge on any atom is 0.276 e. The van der Waals surface area contributed by atoms with Crippen LogP contribution in [-0.4, -0.2) is 33.7 Å². The number of rotatable bonds is 5. The molecule has 96 valence electrons. The molecule has 0 heterocycles. The molecular formula is C10H14F2N2O2S. The van der Waals surface area contributed by atoms with Crippen molar-refractivity contribution in [1.29, 1.82) is 0 Å². The number of hydrogen-bond donors (Lipinski definition) is 2. The molecule has 17 heavy (non-hydrogen) atoms. The average molecular weight is 264 g/mol. The quantitative estimate of drug-likeness (QED) is 0.835. The van der Waals surface area contributed by atoms with E-state index in [2.05, 4.69) is 5.32 Å². The molecule has 0 radical (unpaired) electrons. The fourth-order valence-corrected chi connectivity index (χ4v) is 1.75. The summed E-state index contributed by atoms with van der Waals surface area (Å²) in [5.74, 6) is -2.98. The van der Waals surface area contributed by atoms with E-state index in [4.69, 9.17) is 5.73 Å². The highest BCUT2D eigenvalue weighted by atomic mass is 32.2. The van der Waals surface area contributed by atoms with Crippen LogP contribution < -0.4 is 11.1 Å². The Morgan fingerprint density at radius 2 is 1.82 bits per heavy atom. The number of sulfone groups is 1. The number of nitrogens with one attached hydrogen (secondary N) is 1. The average Bonchev–Trinajstić information content (AvgIpc) is 2.26. The van der Waals surface area contributed by atoms with Gasteiger partial charge in [-0.3, -0.25) is 0 Å². The third-order valence-corrected chi connectivity index (χ3v) is 3.26. The second-order valence-corrected chi connectivity index (χ2v) is 5.73. The van der Waals surface area contributed by atoms with Gasteiger partial charge in [-0.05, 0) is 24.3 Å². The van der Waals surface area contributed by atoms with Crippen molar-refractivity contribution in [2.75, 3.05) is 24.7 Å². The minimum absolute atomic E-state index is 0.147. The number of anilines is 1. The Kier molecular flexibility index (Phi) is 4.05. The van der Waals surface area contributed by atoms with Crippen LogP contribution in [0.15, 0.2) is 29.2 Å². The molecule has 0 spiro atoms. The van der Waals surface area contributed by atoms with Crippen LogP contribution in [0.1, 0.15) is 0 Å². The topological polar surface area (TPSA) is 72.2 Å². The van der Waals surface area contributed by atoms with Crippen molar-refractivity contribution < 1.29 is 17.2 Å². The Hall–Kier alpha value is -1.21. The van der Waals surface area contributed by atoms with Crippen LogP contribution in [0.2, 0.25) is 0 Å². The molecule has 0 aromatic heterocycles. The van der Waals surface area contributed by atoms with Gasteiger partial charge in [0, 0.05) is 11.9 Å². The Bertz CT molecular complexity index is 472. The molecule has 1 aromatic carbocycles. The molecule has 7 heteroatoms. The molecule has 0 amide bonds. The normalized spacial score (nSPS) is 12.5. The van der Waals surface area contributed by atoms with Gasteiger partial charge in [0.25, 0.3) is 5.92 Å². The Balaban J connectivity index is 2.70. The van der Waals surface area contributed by atoms with E-state index < -0.39 is 28.8 Å². The van der Waals surface area contributed by atoms with Crippen LogP contribution in [0.3, 0.4) is 0 Å². The van der Waals surface area contributed by atoms with Gasteiger partial charge in [-0.25, -0.2) is 17.2 Å². The third-order valence-electron chi connectivity index (χ3n) is 2.13. The molecule has 0 fully saturated rings. The zero-order chi connectivity index (χ0) is 13.1. The fraction of sp³-hybridized carbons (Fsp3) is 0.400. The lowest BCUT2D eigenvalue weighted by molar-refractivity contribution is 0.0254. The third kappa shape index (κ3) is 4.27. The molecule has 0 aliphatic carbocycles. The molecule has 0 aliphatic rings. The van der Waals surface area contributed by atoms with Gasteiger partial charge in [0.2, 0.25) is 0 Å². The molecule has 0 saturated carbocycles. The van der Waals surface area contributed by atoms with Gasteiger partial charge in [0.15, 0.2) is 9.84 Å². The summed E-state index contributed by atoms with van der Waals surface area (Å²) < 4.78 is 47.9. The number of benzene rings is 1. The summed E-state index contributed by atoms with van der Waals surface area (Å²) in [6.45, 7) is -1.32. The summed E-state index contributed by atoms with van der Waals surface area (Å²) >= 11 is 0. The van der Waals surface area contributed by atoms with Crippen LogP contribution >= 0.6 is 0 Å². The van der Waals surface area contributed by atoms with Gasteiger partial charge in [0.1, 0.15) is 0 Å². The highest BCUT2D eigenvalue weighted by Gasteiger charge is 2.26. The Labute approximate surface area is 98.7 Å². The fourth-order valence-electron chi connectivity index (χ4n) is 1.12. The molecule has 0 unspecified atom stereocenters. The van der Waals surface area contributed by atoms with Crippen LogP contribution in [0.5, 0.6) is 0 Å².